The molecule has 1 aliphatic rings. The standard InChI is InChI=1S/C31H47NO6/c33-28-24-25-29(34)32(28)38-31(36)23-19-14-12-10-8-6-4-2-1-3-5-7-9-11-13-18-22-30(35)37-26-27-20-16-15-17-21-27/h15-17,20-21H,1-14,18-19,22-26H2. The number of amides is 2. The molecule has 2 amide bonds. The minimum Gasteiger partial charge on any atom is -0.461 e. The Morgan fingerprint density at radius 1 is 0.579 bits per heavy atom. The van der Waals surface area contributed by atoms with E-state index in [4.69, 9.17) is 9.57 Å². The summed E-state index contributed by atoms with van der Waals surface area (Å²) in [5.74, 6) is -1.44. The molecular formula is C31H47NO6. The highest BCUT2D eigenvalue weighted by molar-refractivity contribution is 6.01. The zero-order chi connectivity index (χ0) is 27.3. The van der Waals surface area contributed by atoms with Crippen molar-refractivity contribution >= 4 is 23.8 Å². The van der Waals surface area contributed by atoms with Gasteiger partial charge in [0.05, 0.1) is 0 Å². The summed E-state index contributed by atoms with van der Waals surface area (Å²) in [6, 6.07) is 9.80. The topological polar surface area (TPSA) is 90.0 Å². The quantitative estimate of drug-likeness (QED) is 0.0885. The Labute approximate surface area is 228 Å². The molecule has 1 aliphatic heterocycles. The monoisotopic (exact) mass is 529 g/mol. The average Bonchev–Trinajstić information content (AvgIpc) is 3.23. The Morgan fingerprint density at radius 3 is 1.42 bits per heavy atom. The molecule has 7 heteroatoms. The maximum atomic E-state index is 11.8. The second kappa shape index (κ2) is 20.3. The van der Waals surface area contributed by atoms with Crippen molar-refractivity contribution in [2.45, 2.75) is 135 Å². The number of esters is 1. The van der Waals surface area contributed by atoms with E-state index in [0.717, 1.165) is 37.7 Å². The minimum absolute atomic E-state index is 0.0944. The van der Waals surface area contributed by atoms with E-state index in [-0.39, 0.29) is 25.2 Å². The predicted molar refractivity (Wildman–Crippen MR) is 147 cm³/mol. The molecule has 0 unspecified atom stereocenters. The molecule has 1 fully saturated rings. The van der Waals surface area contributed by atoms with E-state index in [1.807, 2.05) is 30.3 Å². The highest BCUT2D eigenvalue weighted by Gasteiger charge is 2.32. The second-order valence-electron chi connectivity index (χ2n) is 10.3. The van der Waals surface area contributed by atoms with Gasteiger partial charge < -0.3 is 9.57 Å². The molecule has 0 spiro atoms. The van der Waals surface area contributed by atoms with Crippen molar-refractivity contribution in [1.29, 1.82) is 0 Å². The number of hydrogen-bond donors (Lipinski definition) is 0. The highest BCUT2D eigenvalue weighted by Crippen LogP contribution is 2.16. The Balaban J connectivity index is 1.25. The predicted octanol–water partition coefficient (Wildman–Crippen LogP) is 7.36. The number of benzene rings is 1. The van der Waals surface area contributed by atoms with Gasteiger partial charge in [-0.1, -0.05) is 120 Å². The number of unbranched alkanes of at least 4 members (excludes halogenated alkanes) is 15. The first-order chi connectivity index (χ1) is 18.6. The summed E-state index contributed by atoms with van der Waals surface area (Å²) >= 11 is 0. The molecule has 2 rings (SSSR count). The van der Waals surface area contributed by atoms with E-state index in [0.29, 0.717) is 18.1 Å². The third-order valence-corrected chi connectivity index (χ3v) is 6.95. The third-order valence-electron chi connectivity index (χ3n) is 6.95. The average molecular weight is 530 g/mol. The summed E-state index contributed by atoms with van der Waals surface area (Å²) in [6.45, 7) is 0.370. The first kappa shape index (κ1) is 31.5. The van der Waals surface area contributed by atoms with Crippen LogP contribution in [0.4, 0.5) is 0 Å². The molecule has 0 atom stereocenters. The molecule has 1 saturated heterocycles. The van der Waals surface area contributed by atoms with Gasteiger partial charge in [-0.25, -0.2) is 4.79 Å². The van der Waals surface area contributed by atoms with Gasteiger partial charge in [0.2, 0.25) is 0 Å². The zero-order valence-corrected chi connectivity index (χ0v) is 23.1. The van der Waals surface area contributed by atoms with Gasteiger partial charge in [0.15, 0.2) is 0 Å². The number of hydroxylamine groups is 2. The number of rotatable bonds is 22. The van der Waals surface area contributed by atoms with Crippen LogP contribution in [-0.2, 0) is 35.4 Å². The van der Waals surface area contributed by atoms with E-state index in [2.05, 4.69) is 0 Å². The smallest absolute Gasteiger partial charge is 0.333 e. The van der Waals surface area contributed by atoms with Gasteiger partial charge >= 0.3 is 11.9 Å². The Bertz CT molecular complexity index is 809. The molecule has 0 saturated carbocycles. The SMILES string of the molecule is O=C(CCCCCCCCCCCCCCCCCCC(=O)ON1C(=O)CCC1=O)OCc1ccccc1. The van der Waals surface area contributed by atoms with Gasteiger partial charge in [0, 0.05) is 25.7 Å². The highest BCUT2D eigenvalue weighted by atomic mass is 16.7. The van der Waals surface area contributed by atoms with Crippen molar-refractivity contribution in [3.8, 4) is 0 Å². The first-order valence-electron chi connectivity index (χ1n) is 14.8. The zero-order valence-electron chi connectivity index (χ0n) is 23.1. The van der Waals surface area contributed by atoms with Crippen LogP contribution in [0.25, 0.3) is 0 Å². The van der Waals surface area contributed by atoms with E-state index >= 15 is 0 Å². The summed E-state index contributed by atoms with van der Waals surface area (Å²) in [6.07, 6.45) is 19.8. The molecule has 0 aliphatic carbocycles. The lowest BCUT2D eigenvalue weighted by atomic mass is 10.0. The molecule has 0 N–H and O–H groups in total. The second-order valence-corrected chi connectivity index (χ2v) is 10.3. The largest absolute Gasteiger partial charge is 0.461 e. The molecule has 0 aromatic heterocycles. The molecular weight excluding hydrogens is 482 g/mol. The van der Waals surface area contributed by atoms with Crippen LogP contribution in [-0.4, -0.2) is 28.8 Å². The molecule has 0 radical (unpaired) electrons. The van der Waals surface area contributed by atoms with Crippen molar-refractivity contribution < 1.29 is 28.8 Å². The van der Waals surface area contributed by atoms with Crippen molar-refractivity contribution in [1.82, 2.24) is 5.06 Å². The number of imide groups is 1. The van der Waals surface area contributed by atoms with Gasteiger partial charge in [-0.05, 0) is 18.4 Å². The fourth-order valence-electron chi connectivity index (χ4n) is 4.63. The fourth-order valence-corrected chi connectivity index (χ4v) is 4.63. The third kappa shape index (κ3) is 14.9. The van der Waals surface area contributed by atoms with Gasteiger partial charge in [0.25, 0.3) is 11.8 Å². The lowest BCUT2D eigenvalue weighted by Gasteiger charge is -2.12. The van der Waals surface area contributed by atoms with Crippen LogP contribution in [0.2, 0.25) is 0 Å². The lowest BCUT2D eigenvalue weighted by Crippen LogP contribution is -2.31. The van der Waals surface area contributed by atoms with Gasteiger partial charge in [0.1, 0.15) is 6.61 Å². The van der Waals surface area contributed by atoms with Gasteiger partial charge in [-0.3, -0.25) is 14.4 Å². The van der Waals surface area contributed by atoms with Crippen molar-refractivity contribution in [3.05, 3.63) is 35.9 Å². The Morgan fingerprint density at radius 2 is 0.974 bits per heavy atom. The van der Waals surface area contributed by atoms with Gasteiger partial charge in [-0.2, -0.15) is 0 Å². The number of carbonyl (C=O) groups excluding carboxylic acids is 4. The maximum absolute atomic E-state index is 11.8. The Hall–Kier alpha value is -2.70. The first-order valence-corrected chi connectivity index (χ1v) is 14.8. The summed E-state index contributed by atoms with van der Waals surface area (Å²) in [5, 5.41) is 0.625. The molecule has 1 heterocycles. The fraction of sp³-hybridized carbons (Fsp3) is 0.677. The summed E-state index contributed by atoms with van der Waals surface area (Å²) in [4.78, 5) is 51.3. The van der Waals surface area contributed by atoms with Crippen LogP contribution in [0.3, 0.4) is 0 Å². The number of nitrogens with zero attached hydrogens (tertiary/aromatic N) is 1. The van der Waals surface area contributed by atoms with Crippen LogP contribution < -0.4 is 0 Å². The summed E-state index contributed by atoms with van der Waals surface area (Å²) in [7, 11) is 0. The van der Waals surface area contributed by atoms with Crippen molar-refractivity contribution in [3.63, 3.8) is 0 Å². The van der Waals surface area contributed by atoms with E-state index in [1.165, 1.54) is 70.6 Å². The van der Waals surface area contributed by atoms with E-state index < -0.39 is 17.8 Å². The minimum atomic E-state index is -0.495. The summed E-state index contributed by atoms with van der Waals surface area (Å²) in [5.41, 5.74) is 1.03. The van der Waals surface area contributed by atoms with Crippen LogP contribution in [0.1, 0.15) is 134 Å². The lowest BCUT2D eigenvalue weighted by molar-refractivity contribution is -0.197. The van der Waals surface area contributed by atoms with Crippen molar-refractivity contribution in [2.24, 2.45) is 0 Å². The van der Waals surface area contributed by atoms with Crippen LogP contribution in [0.5, 0.6) is 0 Å². The van der Waals surface area contributed by atoms with Crippen molar-refractivity contribution in [2.75, 3.05) is 0 Å². The van der Waals surface area contributed by atoms with E-state index in [1.54, 1.807) is 0 Å². The number of ether oxygens (including phenoxy) is 1. The molecule has 0 bridgehead atoms. The van der Waals surface area contributed by atoms with Gasteiger partial charge in [-0.15, -0.1) is 5.06 Å². The number of hydrogen-bond acceptors (Lipinski definition) is 6. The van der Waals surface area contributed by atoms with E-state index in [9.17, 15) is 19.2 Å². The molecule has 212 valence electrons. The Kier molecular flexibility index (Phi) is 16.8. The molecule has 1 aromatic rings. The molecule has 7 nitrogen and oxygen atoms in total. The van der Waals surface area contributed by atoms with Crippen LogP contribution >= 0.6 is 0 Å². The summed E-state index contributed by atoms with van der Waals surface area (Å²) < 4.78 is 5.32. The number of carbonyl (C=O) groups is 4. The molecule has 1 aromatic carbocycles. The molecule has 38 heavy (non-hydrogen) atoms. The van der Waals surface area contributed by atoms with Crippen LogP contribution in [0, 0.1) is 0 Å². The van der Waals surface area contributed by atoms with Crippen LogP contribution in [0.15, 0.2) is 30.3 Å². The maximum Gasteiger partial charge on any atom is 0.333 e. The normalized spacial score (nSPS) is 13.2.